The van der Waals surface area contributed by atoms with Gasteiger partial charge in [0.25, 0.3) is 5.56 Å². The molecule has 3 aromatic rings. The quantitative estimate of drug-likeness (QED) is 0.280. The lowest BCUT2D eigenvalue weighted by Gasteiger charge is -2.23. The first-order chi connectivity index (χ1) is 17.9. The summed E-state index contributed by atoms with van der Waals surface area (Å²) in [5.74, 6) is -0.477. The second-order valence-electron chi connectivity index (χ2n) is 8.64. The van der Waals surface area contributed by atoms with Gasteiger partial charge in [-0.2, -0.15) is 13.2 Å². The minimum Gasteiger partial charge on any atom is -0.465 e. The highest BCUT2D eigenvalue weighted by Crippen LogP contribution is 2.36. The van der Waals surface area contributed by atoms with E-state index in [0.717, 1.165) is 11.0 Å². The molecule has 1 aromatic heterocycles. The number of alkyl carbamates (subject to hydrolysis) is 1. The largest absolute Gasteiger partial charge is 0.465 e. The van der Waals surface area contributed by atoms with Crippen LogP contribution in [0.2, 0.25) is 0 Å². The summed E-state index contributed by atoms with van der Waals surface area (Å²) in [7, 11) is 0. The normalized spacial score (nSPS) is 13.1. The minimum absolute atomic E-state index is 0.0335. The number of hydrogen-bond donors (Lipinski definition) is 5. The number of anilines is 1. The lowest BCUT2D eigenvalue weighted by atomic mass is 10.0. The van der Waals surface area contributed by atoms with Crippen molar-refractivity contribution in [3.05, 3.63) is 64.4 Å². The second kappa shape index (κ2) is 12.0. The molecule has 13 heteroatoms. The van der Waals surface area contributed by atoms with Crippen LogP contribution in [-0.2, 0) is 10.9 Å². The molecule has 5 N–H and O–H groups in total. The van der Waals surface area contributed by atoms with Crippen LogP contribution in [0, 0.1) is 5.92 Å². The lowest BCUT2D eigenvalue weighted by Crippen LogP contribution is -2.37. The average molecular weight is 537 g/mol. The molecule has 204 valence electrons. The van der Waals surface area contributed by atoms with E-state index in [4.69, 9.17) is 9.84 Å². The highest BCUT2D eigenvalue weighted by atomic mass is 19.4. The Kier molecular flexibility index (Phi) is 8.96. The van der Waals surface area contributed by atoms with Gasteiger partial charge in [-0.15, -0.1) is 0 Å². The van der Waals surface area contributed by atoms with E-state index in [1.165, 1.54) is 42.5 Å². The van der Waals surface area contributed by atoms with Crippen LogP contribution >= 0.6 is 0 Å². The Morgan fingerprint density at radius 1 is 1.16 bits per heavy atom. The number of ether oxygens (including phenoxy) is 1. The SMILES string of the molecule is C[C@@H](COC(=O)NCC(O)CO)CN(C(=O)O)c1ccc2cc(-c3ccccc3C(F)(F)F)[nH]c(=O)c2c1. The Hall–Kier alpha value is -4.10. The summed E-state index contributed by atoms with van der Waals surface area (Å²) >= 11 is 0. The van der Waals surface area contributed by atoms with Gasteiger partial charge >= 0.3 is 18.4 Å². The van der Waals surface area contributed by atoms with E-state index in [1.54, 1.807) is 6.92 Å². The van der Waals surface area contributed by atoms with Gasteiger partial charge in [-0.3, -0.25) is 9.69 Å². The van der Waals surface area contributed by atoms with Crippen LogP contribution in [0.15, 0.2) is 53.3 Å². The predicted octanol–water partition coefficient (Wildman–Crippen LogP) is 3.41. The summed E-state index contributed by atoms with van der Waals surface area (Å²) < 4.78 is 45.3. The van der Waals surface area contributed by atoms with E-state index < -0.39 is 48.1 Å². The Balaban J connectivity index is 1.81. The van der Waals surface area contributed by atoms with Gasteiger partial charge in [-0.1, -0.05) is 31.2 Å². The number of benzene rings is 2. The standard InChI is InChI=1S/C25H26F3N3O7/c1-14(13-38-23(35)29-10-17(33)12-32)11-31(24(36)37)16-7-6-15-8-21(30-22(34)19(15)9-16)18-4-2-3-5-20(18)25(26,27)28/h2-9,14,17,32-33H,10-13H2,1H3,(H,29,35)(H,30,34)(H,36,37)/t14-,17?/m1/s1. The third-order valence-corrected chi connectivity index (χ3v) is 5.58. The molecule has 10 nitrogen and oxygen atoms in total. The Morgan fingerprint density at radius 3 is 2.53 bits per heavy atom. The first-order valence-corrected chi connectivity index (χ1v) is 11.4. The number of aromatic nitrogens is 1. The maximum absolute atomic E-state index is 13.5. The highest BCUT2D eigenvalue weighted by Gasteiger charge is 2.33. The molecular formula is C25H26F3N3O7. The number of rotatable bonds is 9. The molecule has 2 amide bonds. The summed E-state index contributed by atoms with van der Waals surface area (Å²) in [6.07, 6.45) is -7.96. The molecule has 38 heavy (non-hydrogen) atoms. The fraction of sp³-hybridized carbons (Fsp3) is 0.320. The van der Waals surface area contributed by atoms with E-state index in [1.807, 2.05) is 0 Å². The van der Waals surface area contributed by atoms with E-state index in [0.29, 0.717) is 5.39 Å². The van der Waals surface area contributed by atoms with Crippen molar-refractivity contribution in [2.45, 2.75) is 19.2 Å². The molecule has 0 saturated carbocycles. The molecule has 0 fully saturated rings. The fourth-order valence-corrected chi connectivity index (χ4v) is 3.72. The summed E-state index contributed by atoms with van der Waals surface area (Å²) in [5, 5.41) is 30.4. The summed E-state index contributed by atoms with van der Waals surface area (Å²) in [6.45, 7) is 0.592. The highest BCUT2D eigenvalue weighted by molar-refractivity contribution is 5.93. The van der Waals surface area contributed by atoms with Crippen LogP contribution in [0.5, 0.6) is 0 Å². The Morgan fingerprint density at radius 2 is 1.87 bits per heavy atom. The van der Waals surface area contributed by atoms with Gasteiger partial charge in [-0.25, -0.2) is 9.59 Å². The molecule has 0 saturated heterocycles. The average Bonchev–Trinajstić information content (AvgIpc) is 2.88. The van der Waals surface area contributed by atoms with Crippen LogP contribution in [0.1, 0.15) is 12.5 Å². The van der Waals surface area contributed by atoms with Crippen molar-refractivity contribution < 1.29 is 42.8 Å². The van der Waals surface area contributed by atoms with Crippen molar-refractivity contribution in [1.29, 1.82) is 0 Å². The lowest BCUT2D eigenvalue weighted by molar-refractivity contribution is -0.137. The number of aliphatic hydroxyl groups is 2. The van der Waals surface area contributed by atoms with E-state index in [-0.39, 0.29) is 42.0 Å². The first-order valence-electron chi connectivity index (χ1n) is 11.4. The van der Waals surface area contributed by atoms with E-state index >= 15 is 0 Å². The number of aliphatic hydroxyl groups excluding tert-OH is 2. The van der Waals surface area contributed by atoms with Crippen LogP contribution in [0.3, 0.4) is 0 Å². The van der Waals surface area contributed by atoms with Crippen LogP contribution in [0.4, 0.5) is 28.4 Å². The number of fused-ring (bicyclic) bond motifs is 1. The molecule has 0 radical (unpaired) electrons. The van der Waals surface area contributed by atoms with E-state index in [9.17, 15) is 37.8 Å². The number of hydrogen-bond acceptors (Lipinski definition) is 6. The van der Waals surface area contributed by atoms with Crippen LogP contribution in [-0.4, -0.2) is 64.9 Å². The molecule has 2 atom stereocenters. The summed E-state index contributed by atoms with van der Waals surface area (Å²) in [5.41, 5.74) is -1.69. The Bertz CT molecular complexity index is 1360. The number of carboxylic acid groups (broad SMARTS) is 1. The number of halogens is 3. The van der Waals surface area contributed by atoms with Gasteiger partial charge in [0.15, 0.2) is 0 Å². The van der Waals surface area contributed by atoms with Crippen molar-refractivity contribution in [2.75, 3.05) is 31.2 Å². The number of carbonyl (C=O) groups is 2. The third-order valence-electron chi connectivity index (χ3n) is 5.58. The topological polar surface area (TPSA) is 152 Å². The molecule has 0 aliphatic rings. The molecular weight excluding hydrogens is 511 g/mol. The molecule has 0 aliphatic heterocycles. The number of H-pyrrole nitrogens is 1. The summed E-state index contributed by atoms with van der Waals surface area (Å²) in [6, 6.07) is 10.4. The summed E-state index contributed by atoms with van der Waals surface area (Å²) in [4.78, 5) is 39.8. The van der Waals surface area contributed by atoms with E-state index in [2.05, 4.69) is 10.3 Å². The molecule has 2 aromatic carbocycles. The molecule has 1 heterocycles. The van der Waals surface area contributed by atoms with Crippen molar-refractivity contribution in [1.82, 2.24) is 10.3 Å². The zero-order valence-electron chi connectivity index (χ0n) is 20.2. The van der Waals surface area contributed by atoms with Gasteiger partial charge in [0.05, 0.1) is 24.9 Å². The number of alkyl halides is 3. The molecule has 3 rings (SSSR count). The van der Waals surface area contributed by atoms with Gasteiger partial charge < -0.3 is 30.4 Å². The third kappa shape index (κ3) is 7.01. The number of pyridine rings is 1. The van der Waals surface area contributed by atoms with Crippen LogP contribution in [0.25, 0.3) is 22.0 Å². The minimum atomic E-state index is -4.63. The zero-order chi connectivity index (χ0) is 28.0. The number of nitrogens with one attached hydrogen (secondary N) is 2. The number of nitrogens with zero attached hydrogens (tertiary/aromatic N) is 1. The van der Waals surface area contributed by atoms with Crippen molar-refractivity contribution in [3.8, 4) is 11.3 Å². The van der Waals surface area contributed by atoms with Gasteiger partial charge in [0, 0.05) is 41.3 Å². The van der Waals surface area contributed by atoms with Crippen molar-refractivity contribution in [2.24, 2.45) is 5.92 Å². The first kappa shape index (κ1) is 28.5. The fourth-order valence-electron chi connectivity index (χ4n) is 3.72. The predicted molar refractivity (Wildman–Crippen MR) is 132 cm³/mol. The molecule has 0 aliphatic carbocycles. The molecule has 0 bridgehead atoms. The van der Waals surface area contributed by atoms with Gasteiger partial charge in [0.1, 0.15) is 0 Å². The zero-order valence-corrected chi connectivity index (χ0v) is 20.2. The molecule has 1 unspecified atom stereocenters. The van der Waals surface area contributed by atoms with Crippen molar-refractivity contribution >= 4 is 28.6 Å². The number of aromatic amines is 1. The number of carbonyl (C=O) groups excluding carboxylic acids is 1. The molecule has 0 spiro atoms. The maximum atomic E-state index is 13.5. The van der Waals surface area contributed by atoms with Gasteiger partial charge in [0.2, 0.25) is 0 Å². The Labute approximate surface area is 214 Å². The maximum Gasteiger partial charge on any atom is 0.417 e. The number of amides is 2. The second-order valence-corrected chi connectivity index (χ2v) is 8.64. The van der Waals surface area contributed by atoms with Crippen molar-refractivity contribution in [3.63, 3.8) is 0 Å². The smallest absolute Gasteiger partial charge is 0.417 e. The van der Waals surface area contributed by atoms with Gasteiger partial charge in [-0.05, 0) is 29.7 Å². The van der Waals surface area contributed by atoms with Crippen LogP contribution < -0.4 is 15.8 Å². The monoisotopic (exact) mass is 537 g/mol.